The number of aliphatic carboxylic acids is 1. The Labute approximate surface area is 168 Å². The Morgan fingerprint density at radius 1 is 1.07 bits per heavy atom. The van der Waals surface area contributed by atoms with Crippen LogP contribution in [-0.2, 0) is 17.8 Å². The summed E-state index contributed by atoms with van der Waals surface area (Å²) in [5.74, 6) is -1.23. The fourth-order valence-corrected chi connectivity index (χ4v) is 3.35. The highest BCUT2D eigenvalue weighted by Crippen LogP contribution is 2.32. The molecule has 0 bridgehead atoms. The summed E-state index contributed by atoms with van der Waals surface area (Å²) in [5.41, 5.74) is 16.4. The third kappa shape index (κ3) is 4.14. The lowest BCUT2D eigenvalue weighted by atomic mass is 10.1. The van der Waals surface area contributed by atoms with E-state index in [0.29, 0.717) is 17.5 Å². The highest BCUT2D eigenvalue weighted by molar-refractivity contribution is 5.93. The van der Waals surface area contributed by atoms with Crippen LogP contribution in [0, 0.1) is 6.92 Å². The van der Waals surface area contributed by atoms with E-state index in [1.165, 1.54) is 0 Å². The first-order valence-electron chi connectivity index (χ1n) is 9.17. The minimum absolute atomic E-state index is 0.0185. The summed E-state index contributed by atoms with van der Waals surface area (Å²) >= 11 is 0. The monoisotopic (exact) mass is 393 g/mol. The van der Waals surface area contributed by atoms with Gasteiger partial charge >= 0.3 is 5.97 Å². The zero-order valence-electron chi connectivity index (χ0n) is 16.1. The van der Waals surface area contributed by atoms with Crippen molar-refractivity contribution in [3.63, 3.8) is 0 Å². The Morgan fingerprint density at radius 2 is 1.83 bits per heavy atom. The molecule has 1 amide bonds. The van der Waals surface area contributed by atoms with Gasteiger partial charge in [-0.1, -0.05) is 0 Å². The average Bonchev–Trinajstić information content (AvgIpc) is 3.11. The van der Waals surface area contributed by atoms with Crippen molar-refractivity contribution in [2.75, 3.05) is 0 Å². The predicted molar refractivity (Wildman–Crippen MR) is 110 cm³/mol. The number of carbonyl (C=O) groups excluding carboxylic acids is 1. The molecule has 7 heteroatoms. The second kappa shape index (κ2) is 8.20. The number of hydrogen-bond donors (Lipinski definition) is 4. The third-order valence-electron chi connectivity index (χ3n) is 4.87. The van der Waals surface area contributed by atoms with E-state index in [9.17, 15) is 14.7 Å². The predicted octanol–water partition coefficient (Wildman–Crippen LogP) is 2.73. The number of aryl methyl sites for hydroxylation is 2. The van der Waals surface area contributed by atoms with Gasteiger partial charge in [0.2, 0.25) is 5.91 Å². The highest BCUT2D eigenvalue weighted by Gasteiger charge is 2.17. The van der Waals surface area contributed by atoms with E-state index in [0.717, 1.165) is 28.2 Å². The Kier molecular flexibility index (Phi) is 5.70. The van der Waals surface area contributed by atoms with Gasteiger partial charge in [0.15, 0.2) is 0 Å². The molecule has 2 aromatic carbocycles. The molecule has 29 heavy (non-hydrogen) atoms. The van der Waals surface area contributed by atoms with Gasteiger partial charge in [-0.05, 0) is 78.6 Å². The van der Waals surface area contributed by atoms with Gasteiger partial charge in [0, 0.05) is 17.8 Å². The molecule has 0 aliphatic heterocycles. The van der Waals surface area contributed by atoms with Crippen LogP contribution in [0.4, 0.5) is 0 Å². The van der Waals surface area contributed by atoms with Crippen LogP contribution < -0.4 is 11.5 Å². The standard InChI is InChI=1S/C22H23N3O4/c1-13-10-14(3-8-20(13)26)18-7-4-17(5-9-21(27)28)25(18)19-6-2-15(22(24)29)11-16(19)12-23/h2-4,6-8,10-11,26H,5,9,12,23H2,1H3,(H2,24,29)(H,27,28). The molecular formula is C22H23N3O4. The van der Waals surface area contributed by atoms with Crippen molar-refractivity contribution in [1.82, 2.24) is 4.57 Å². The Morgan fingerprint density at radius 3 is 2.45 bits per heavy atom. The molecule has 0 atom stereocenters. The van der Waals surface area contributed by atoms with Crippen LogP contribution >= 0.6 is 0 Å². The summed E-state index contributed by atoms with van der Waals surface area (Å²) in [6.07, 6.45) is 0.309. The van der Waals surface area contributed by atoms with Crippen LogP contribution in [0.25, 0.3) is 16.9 Å². The van der Waals surface area contributed by atoms with Crippen LogP contribution in [0.5, 0.6) is 5.75 Å². The highest BCUT2D eigenvalue weighted by atomic mass is 16.4. The molecule has 7 nitrogen and oxygen atoms in total. The fourth-order valence-electron chi connectivity index (χ4n) is 3.35. The molecule has 3 aromatic rings. The molecule has 0 fully saturated rings. The lowest BCUT2D eigenvalue weighted by Crippen LogP contribution is -2.14. The molecule has 0 aliphatic rings. The maximum absolute atomic E-state index is 11.6. The average molecular weight is 393 g/mol. The Balaban J connectivity index is 2.21. The quantitative estimate of drug-likeness (QED) is 0.490. The van der Waals surface area contributed by atoms with Crippen LogP contribution in [0.3, 0.4) is 0 Å². The van der Waals surface area contributed by atoms with Gasteiger partial charge in [-0.15, -0.1) is 0 Å². The molecule has 0 saturated heterocycles. The van der Waals surface area contributed by atoms with Crippen LogP contribution in [0.2, 0.25) is 0 Å². The first kappa shape index (κ1) is 20.2. The molecule has 0 radical (unpaired) electrons. The van der Waals surface area contributed by atoms with Gasteiger partial charge in [0.1, 0.15) is 5.75 Å². The van der Waals surface area contributed by atoms with Crippen molar-refractivity contribution in [3.8, 4) is 22.7 Å². The van der Waals surface area contributed by atoms with Crippen molar-refractivity contribution < 1.29 is 19.8 Å². The number of aromatic nitrogens is 1. The van der Waals surface area contributed by atoms with E-state index in [1.54, 1.807) is 30.3 Å². The fraction of sp³-hybridized carbons (Fsp3) is 0.182. The van der Waals surface area contributed by atoms with Gasteiger partial charge in [0.25, 0.3) is 0 Å². The number of amides is 1. The van der Waals surface area contributed by atoms with E-state index in [-0.39, 0.29) is 18.7 Å². The largest absolute Gasteiger partial charge is 0.508 e. The summed E-state index contributed by atoms with van der Waals surface area (Å²) in [4.78, 5) is 22.7. The molecule has 3 rings (SSSR count). The lowest BCUT2D eigenvalue weighted by Gasteiger charge is -2.18. The van der Waals surface area contributed by atoms with E-state index in [2.05, 4.69) is 0 Å². The molecular weight excluding hydrogens is 370 g/mol. The molecule has 150 valence electrons. The number of benzene rings is 2. The number of rotatable bonds is 7. The molecule has 0 unspecified atom stereocenters. The number of primary amides is 1. The van der Waals surface area contributed by atoms with E-state index in [4.69, 9.17) is 16.6 Å². The van der Waals surface area contributed by atoms with E-state index in [1.807, 2.05) is 29.7 Å². The zero-order chi connectivity index (χ0) is 21.1. The maximum atomic E-state index is 11.6. The molecule has 0 saturated carbocycles. The van der Waals surface area contributed by atoms with Crippen molar-refractivity contribution >= 4 is 11.9 Å². The zero-order valence-corrected chi connectivity index (χ0v) is 16.1. The number of carboxylic acid groups (broad SMARTS) is 1. The van der Waals surface area contributed by atoms with E-state index < -0.39 is 11.9 Å². The molecule has 1 heterocycles. The normalized spacial score (nSPS) is 10.8. The molecule has 0 spiro atoms. The number of carboxylic acids is 1. The SMILES string of the molecule is Cc1cc(-c2ccc(CCC(=O)O)n2-c2ccc(C(N)=O)cc2CN)ccc1O. The maximum Gasteiger partial charge on any atom is 0.303 e. The molecule has 6 N–H and O–H groups in total. The topological polar surface area (TPSA) is 132 Å². The minimum atomic E-state index is -0.886. The Bertz CT molecular complexity index is 1090. The minimum Gasteiger partial charge on any atom is -0.508 e. The van der Waals surface area contributed by atoms with Crippen LogP contribution in [-0.4, -0.2) is 26.7 Å². The van der Waals surface area contributed by atoms with Crippen molar-refractivity contribution in [2.24, 2.45) is 11.5 Å². The summed E-state index contributed by atoms with van der Waals surface area (Å²) in [5, 5.41) is 19.0. The van der Waals surface area contributed by atoms with Gasteiger partial charge in [0.05, 0.1) is 17.8 Å². The number of aromatic hydroxyl groups is 1. The Hall–Kier alpha value is -3.58. The summed E-state index contributed by atoms with van der Waals surface area (Å²) in [6.45, 7) is 1.99. The van der Waals surface area contributed by atoms with Gasteiger partial charge in [-0.25, -0.2) is 0 Å². The second-order valence-electron chi connectivity index (χ2n) is 6.85. The number of phenolic OH excluding ortho intramolecular Hbond substituents is 1. The molecule has 0 aliphatic carbocycles. The number of carbonyl (C=O) groups is 2. The van der Waals surface area contributed by atoms with E-state index >= 15 is 0 Å². The second-order valence-corrected chi connectivity index (χ2v) is 6.85. The van der Waals surface area contributed by atoms with Crippen molar-refractivity contribution in [2.45, 2.75) is 26.3 Å². The van der Waals surface area contributed by atoms with Gasteiger partial charge in [-0.3, -0.25) is 9.59 Å². The van der Waals surface area contributed by atoms with Crippen LogP contribution in [0.1, 0.15) is 33.6 Å². The van der Waals surface area contributed by atoms with Gasteiger partial charge < -0.3 is 26.2 Å². The lowest BCUT2D eigenvalue weighted by molar-refractivity contribution is -0.136. The third-order valence-corrected chi connectivity index (χ3v) is 4.87. The summed E-state index contributed by atoms with van der Waals surface area (Å²) in [7, 11) is 0. The number of phenols is 1. The summed E-state index contributed by atoms with van der Waals surface area (Å²) in [6, 6.07) is 14.1. The number of nitrogens with two attached hydrogens (primary N) is 2. The summed E-state index contributed by atoms with van der Waals surface area (Å²) < 4.78 is 1.95. The number of nitrogens with zero attached hydrogens (tertiary/aromatic N) is 1. The first-order chi connectivity index (χ1) is 13.8. The van der Waals surface area contributed by atoms with Crippen LogP contribution in [0.15, 0.2) is 48.5 Å². The van der Waals surface area contributed by atoms with Crippen molar-refractivity contribution in [1.29, 1.82) is 0 Å². The van der Waals surface area contributed by atoms with Crippen molar-refractivity contribution in [3.05, 3.63) is 70.9 Å². The molecule has 1 aromatic heterocycles. The first-order valence-corrected chi connectivity index (χ1v) is 9.17. The van der Waals surface area contributed by atoms with Gasteiger partial charge in [-0.2, -0.15) is 0 Å². The number of hydrogen-bond acceptors (Lipinski definition) is 4. The smallest absolute Gasteiger partial charge is 0.303 e.